The summed E-state index contributed by atoms with van der Waals surface area (Å²) in [5.41, 5.74) is 2.89. The smallest absolute Gasteiger partial charge is 0.308 e. The lowest BCUT2D eigenvalue weighted by molar-refractivity contribution is 0.445. The van der Waals surface area contributed by atoms with Gasteiger partial charge in [0.05, 0.1) is 13.1 Å². The Morgan fingerprint density at radius 2 is 2.24 bits per heavy atom. The van der Waals surface area contributed by atoms with Crippen LogP contribution in [-0.2, 0) is 26.1 Å². The number of fused-ring (bicyclic) bond motifs is 2. The Bertz CT molecular complexity index is 715. The molecule has 2 heterocycles. The maximum Gasteiger partial charge on any atom is 0.346 e. The number of hydrogen-bond acceptors (Lipinski definition) is 3. The van der Waals surface area contributed by atoms with Crippen LogP contribution in [0.15, 0.2) is 29.1 Å². The first-order valence-electron chi connectivity index (χ1n) is 7.78. The molecule has 0 amide bonds. The zero-order chi connectivity index (χ0) is 14.2. The van der Waals surface area contributed by atoms with E-state index in [1.54, 1.807) is 4.68 Å². The first kappa shape index (κ1) is 12.8. The van der Waals surface area contributed by atoms with E-state index in [2.05, 4.69) is 34.7 Å². The number of aromatic nitrogens is 3. The molecule has 5 heteroatoms. The third-order valence-corrected chi connectivity index (χ3v) is 4.68. The molecule has 0 fully saturated rings. The molecule has 1 unspecified atom stereocenters. The fourth-order valence-electron chi connectivity index (χ4n) is 3.60. The van der Waals surface area contributed by atoms with Crippen molar-refractivity contribution in [2.45, 2.75) is 44.8 Å². The molecule has 0 saturated heterocycles. The van der Waals surface area contributed by atoms with E-state index in [0.717, 1.165) is 31.8 Å². The monoisotopic (exact) mass is 284 g/mol. The van der Waals surface area contributed by atoms with Gasteiger partial charge in [0.1, 0.15) is 5.82 Å². The van der Waals surface area contributed by atoms with Crippen molar-refractivity contribution in [1.82, 2.24) is 19.7 Å². The molecule has 1 N–H and O–H groups in total. The highest BCUT2D eigenvalue weighted by molar-refractivity contribution is 5.32. The molecule has 21 heavy (non-hydrogen) atoms. The fourth-order valence-corrected chi connectivity index (χ4v) is 3.60. The molecule has 1 aliphatic heterocycles. The van der Waals surface area contributed by atoms with Crippen molar-refractivity contribution in [2.75, 3.05) is 6.54 Å². The minimum absolute atomic E-state index is 0.0505. The molecule has 4 rings (SSSR count). The quantitative estimate of drug-likeness (QED) is 0.903. The molecule has 1 atom stereocenters. The molecule has 0 radical (unpaired) electrons. The van der Waals surface area contributed by atoms with Gasteiger partial charge in [0.15, 0.2) is 0 Å². The van der Waals surface area contributed by atoms with Crippen molar-refractivity contribution in [3.8, 4) is 0 Å². The van der Waals surface area contributed by atoms with Gasteiger partial charge in [-0.1, -0.05) is 24.3 Å². The summed E-state index contributed by atoms with van der Waals surface area (Å²) in [6.07, 6.45) is 3.50. The van der Waals surface area contributed by atoms with Gasteiger partial charge in [-0.25, -0.2) is 9.48 Å². The maximum atomic E-state index is 12.4. The van der Waals surface area contributed by atoms with Gasteiger partial charge in [0.2, 0.25) is 0 Å². The maximum absolute atomic E-state index is 12.4. The molecule has 1 aliphatic carbocycles. The lowest BCUT2D eigenvalue weighted by Gasteiger charge is -2.24. The van der Waals surface area contributed by atoms with E-state index in [0.29, 0.717) is 19.0 Å². The highest BCUT2D eigenvalue weighted by Gasteiger charge is 2.23. The van der Waals surface area contributed by atoms with Crippen molar-refractivity contribution < 1.29 is 0 Å². The van der Waals surface area contributed by atoms with Crippen LogP contribution < -0.4 is 11.0 Å². The Labute approximate surface area is 123 Å². The Hall–Kier alpha value is -1.88. The van der Waals surface area contributed by atoms with E-state index in [1.807, 2.05) is 4.57 Å². The van der Waals surface area contributed by atoms with E-state index in [1.165, 1.54) is 17.5 Å². The summed E-state index contributed by atoms with van der Waals surface area (Å²) in [4.78, 5) is 12.4. The molecular weight excluding hydrogens is 264 g/mol. The Morgan fingerprint density at radius 1 is 1.33 bits per heavy atom. The van der Waals surface area contributed by atoms with Crippen molar-refractivity contribution in [3.63, 3.8) is 0 Å². The van der Waals surface area contributed by atoms with Crippen LogP contribution in [0.3, 0.4) is 0 Å². The highest BCUT2D eigenvalue weighted by atomic mass is 16.2. The van der Waals surface area contributed by atoms with Crippen LogP contribution in [0.1, 0.15) is 35.7 Å². The Morgan fingerprint density at radius 3 is 3.14 bits per heavy atom. The summed E-state index contributed by atoms with van der Waals surface area (Å²) in [6, 6.07) is 8.63. The third-order valence-electron chi connectivity index (χ3n) is 4.68. The molecule has 1 aromatic carbocycles. The first-order valence-corrected chi connectivity index (χ1v) is 7.78. The predicted octanol–water partition coefficient (Wildman–Crippen LogP) is 1.27. The zero-order valence-electron chi connectivity index (χ0n) is 12.1. The van der Waals surface area contributed by atoms with Crippen LogP contribution in [0.4, 0.5) is 0 Å². The minimum Gasteiger partial charge on any atom is -0.308 e. The zero-order valence-corrected chi connectivity index (χ0v) is 12.1. The van der Waals surface area contributed by atoms with Gasteiger partial charge in [-0.2, -0.15) is 5.10 Å². The number of nitrogens with one attached hydrogen (secondary N) is 1. The molecule has 0 bridgehead atoms. The van der Waals surface area contributed by atoms with Gasteiger partial charge < -0.3 is 5.32 Å². The summed E-state index contributed by atoms with van der Waals surface area (Å²) < 4.78 is 3.49. The summed E-state index contributed by atoms with van der Waals surface area (Å²) in [5.74, 6) is 1.29. The van der Waals surface area contributed by atoms with E-state index < -0.39 is 0 Å². The van der Waals surface area contributed by atoms with Crippen molar-refractivity contribution in [1.29, 1.82) is 0 Å². The van der Waals surface area contributed by atoms with Gasteiger partial charge in [0.25, 0.3) is 0 Å². The molecule has 1 aromatic heterocycles. The largest absolute Gasteiger partial charge is 0.346 e. The Kier molecular flexibility index (Phi) is 3.15. The molecular formula is C16H20N4O. The summed E-state index contributed by atoms with van der Waals surface area (Å²) in [7, 11) is 0. The van der Waals surface area contributed by atoms with Crippen LogP contribution in [0, 0.1) is 0 Å². The molecule has 110 valence electrons. The molecule has 0 spiro atoms. The molecule has 5 nitrogen and oxygen atoms in total. The van der Waals surface area contributed by atoms with Gasteiger partial charge in [-0.05, 0) is 30.4 Å². The van der Waals surface area contributed by atoms with E-state index in [9.17, 15) is 4.79 Å². The number of hydrogen-bond donors (Lipinski definition) is 1. The van der Waals surface area contributed by atoms with Crippen molar-refractivity contribution in [3.05, 3.63) is 51.7 Å². The van der Waals surface area contributed by atoms with Crippen LogP contribution in [0.5, 0.6) is 0 Å². The molecule has 2 aromatic rings. The lowest BCUT2D eigenvalue weighted by Crippen LogP contribution is -2.34. The predicted molar refractivity (Wildman–Crippen MR) is 80.3 cm³/mol. The normalized spacial score (nSPS) is 20.9. The van der Waals surface area contributed by atoms with E-state index >= 15 is 0 Å². The summed E-state index contributed by atoms with van der Waals surface area (Å²) in [6.45, 7) is 2.99. The van der Waals surface area contributed by atoms with Crippen LogP contribution in [-0.4, -0.2) is 20.9 Å². The van der Waals surface area contributed by atoms with Gasteiger partial charge in [-0.15, -0.1) is 0 Å². The topological polar surface area (TPSA) is 51.9 Å². The minimum atomic E-state index is 0.0505. The number of benzene rings is 1. The van der Waals surface area contributed by atoms with E-state index in [4.69, 9.17) is 0 Å². The van der Waals surface area contributed by atoms with Gasteiger partial charge in [-0.3, -0.25) is 4.57 Å². The SMILES string of the molecule is O=c1n(CC2CCCc3ccccc32)nc2n1CCNC2. The third kappa shape index (κ3) is 2.21. The molecule has 0 saturated carbocycles. The van der Waals surface area contributed by atoms with Crippen LogP contribution >= 0.6 is 0 Å². The standard InChI is InChI=1S/C16H20N4O/c21-16-19-9-8-17-10-15(19)18-20(16)11-13-6-3-5-12-4-1-2-7-14(12)13/h1-2,4,7,13,17H,3,5-6,8-11H2. The first-order chi connectivity index (χ1) is 10.3. The second kappa shape index (κ2) is 5.15. The van der Waals surface area contributed by atoms with Gasteiger partial charge in [0, 0.05) is 19.0 Å². The summed E-state index contributed by atoms with van der Waals surface area (Å²) >= 11 is 0. The van der Waals surface area contributed by atoms with Gasteiger partial charge >= 0.3 is 5.69 Å². The van der Waals surface area contributed by atoms with Crippen molar-refractivity contribution >= 4 is 0 Å². The summed E-state index contributed by atoms with van der Waals surface area (Å²) in [5, 5.41) is 7.79. The lowest BCUT2D eigenvalue weighted by atomic mass is 9.83. The highest BCUT2D eigenvalue weighted by Crippen LogP contribution is 2.32. The Balaban J connectivity index is 1.66. The number of aryl methyl sites for hydroxylation is 1. The average Bonchev–Trinajstić information content (AvgIpc) is 2.85. The fraction of sp³-hybridized carbons (Fsp3) is 0.500. The van der Waals surface area contributed by atoms with Crippen molar-refractivity contribution in [2.24, 2.45) is 0 Å². The second-order valence-corrected chi connectivity index (χ2v) is 6.00. The van der Waals surface area contributed by atoms with Crippen LogP contribution in [0.2, 0.25) is 0 Å². The van der Waals surface area contributed by atoms with E-state index in [-0.39, 0.29) is 5.69 Å². The van der Waals surface area contributed by atoms with Crippen LogP contribution in [0.25, 0.3) is 0 Å². The molecule has 2 aliphatic rings. The number of rotatable bonds is 2. The number of nitrogens with zero attached hydrogens (tertiary/aromatic N) is 3. The average molecular weight is 284 g/mol. The second-order valence-electron chi connectivity index (χ2n) is 6.00.